The van der Waals surface area contributed by atoms with E-state index in [1.807, 2.05) is 31.2 Å². The molecule has 3 N–H and O–H groups in total. The zero-order valence-electron chi connectivity index (χ0n) is 13.0. The van der Waals surface area contributed by atoms with Crippen molar-refractivity contribution in [2.45, 2.75) is 52.7 Å². The van der Waals surface area contributed by atoms with Crippen LogP contribution in [0.15, 0.2) is 24.3 Å². The van der Waals surface area contributed by atoms with Crippen LogP contribution in [0.3, 0.4) is 0 Å². The van der Waals surface area contributed by atoms with Gasteiger partial charge in [0.25, 0.3) is 0 Å². The van der Waals surface area contributed by atoms with E-state index in [1.54, 1.807) is 0 Å². The zero-order chi connectivity index (χ0) is 15.1. The van der Waals surface area contributed by atoms with Crippen LogP contribution in [0.5, 0.6) is 0 Å². The van der Waals surface area contributed by atoms with Gasteiger partial charge in [0.2, 0.25) is 5.91 Å². The topological polar surface area (TPSA) is 58.4 Å². The molecule has 0 spiro atoms. The van der Waals surface area contributed by atoms with Gasteiger partial charge in [-0.1, -0.05) is 19.1 Å². The quantitative estimate of drug-likeness (QED) is 0.805. The van der Waals surface area contributed by atoms with Gasteiger partial charge in [-0.2, -0.15) is 0 Å². The molecule has 4 heteroatoms. The molecule has 1 atom stereocenters. The number of nitrogens with one attached hydrogen (secondary N) is 1. The Balaban J connectivity index is 2.68. The molecule has 20 heavy (non-hydrogen) atoms. The Labute approximate surface area is 122 Å². The first-order valence-corrected chi connectivity index (χ1v) is 7.35. The van der Waals surface area contributed by atoms with Crippen molar-refractivity contribution in [1.82, 2.24) is 4.90 Å². The Morgan fingerprint density at radius 1 is 1.25 bits per heavy atom. The molecule has 0 aliphatic rings. The SMILES string of the molecule is CCCN(C(C)C)C(C)C(=O)Nc1ccc(CN)cc1. The predicted molar refractivity (Wildman–Crippen MR) is 84.6 cm³/mol. The van der Waals surface area contributed by atoms with Crippen molar-refractivity contribution in [1.29, 1.82) is 0 Å². The molecular weight excluding hydrogens is 250 g/mol. The number of benzene rings is 1. The number of hydrogen-bond acceptors (Lipinski definition) is 3. The van der Waals surface area contributed by atoms with Gasteiger partial charge in [-0.05, 0) is 51.4 Å². The highest BCUT2D eigenvalue weighted by Gasteiger charge is 2.22. The first-order valence-electron chi connectivity index (χ1n) is 7.35. The van der Waals surface area contributed by atoms with Crippen molar-refractivity contribution in [2.75, 3.05) is 11.9 Å². The Morgan fingerprint density at radius 2 is 1.85 bits per heavy atom. The lowest BCUT2D eigenvalue weighted by Gasteiger charge is -2.31. The lowest BCUT2D eigenvalue weighted by molar-refractivity contribution is -0.121. The maximum Gasteiger partial charge on any atom is 0.241 e. The molecule has 1 unspecified atom stereocenters. The van der Waals surface area contributed by atoms with E-state index in [9.17, 15) is 4.79 Å². The van der Waals surface area contributed by atoms with Crippen molar-refractivity contribution in [3.8, 4) is 0 Å². The molecule has 1 aromatic carbocycles. The fraction of sp³-hybridized carbons (Fsp3) is 0.562. The smallest absolute Gasteiger partial charge is 0.241 e. The van der Waals surface area contributed by atoms with Gasteiger partial charge in [-0.25, -0.2) is 0 Å². The molecule has 0 aromatic heterocycles. The highest BCUT2D eigenvalue weighted by Crippen LogP contribution is 2.12. The van der Waals surface area contributed by atoms with Crippen LogP contribution in [0.2, 0.25) is 0 Å². The average Bonchev–Trinajstić information content (AvgIpc) is 2.44. The molecule has 0 saturated carbocycles. The van der Waals surface area contributed by atoms with Crippen LogP contribution in [-0.2, 0) is 11.3 Å². The van der Waals surface area contributed by atoms with Gasteiger partial charge < -0.3 is 11.1 Å². The van der Waals surface area contributed by atoms with E-state index < -0.39 is 0 Å². The van der Waals surface area contributed by atoms with Crippen molar-refractivity contribution in [3.63, 3.8) is 0 Å². The minimum absolute atomic E-state index is 0.0349. The van der Waals surface area contributed by atoms with Crippen molar-refractivity contribution in [3.05, 3.63) is 29.8 Å². The highest BCUT2D eigenvalue weighted by molar-refractivity contribution is 5.94. The number of hydrogen-bond donors (Lipinski definition) is 2. The molecule has 1 rings (SSSR count). The average molecular weight is 277 g/mol. The standard InChI is InChI=1S/C16H27N3O/c1-5-10-19(12(2)3)13(4)16(20)18-15-8-6-14(11-17)7-9-15/h6-9,12-13H,5,10-11,17H2,1-4H3,(H,18,20). The fourth-order valence-corrected chi connectivity index (χ4v) is 2.28. The number of amides is 1. The molecule has 112 valence electrons. The molecule has 0 heterocycles. The number of nitrogens with two attached hydrogens (primary N) is 1. The van der Waals surface area contributed by atoms with Gasteiger partial charge in [0.05, 0.1) is 6.04 Å². The Bertz CT molecular complexity index is 414. The third-order valence-electron chi connectivity index (χ3n) is 3.48. The van der Waals surface area contributed by atoms with Gasteiger partial charge in [0.15, 0.2) is 0 Å². The predicted octanol–water partition coefficient (Wildman–Crippen LogP) is 2.59. The summed E-state index contributed by atoms with van der Waals surface area (Å²) in [6.07, 6.45) is 1.04. The number of anilines is 1. The number of carbonyl (C=O) groups is 1. The molecule has 4 nitrogen and oxygen atoms in total. The van der Waals surface area contributed by atoms with Gasteiger partial charge in [0.1, 0.15) is 0 Å². The van der Waals surface area contributed by atoms with Gasteiger partial charge in [-0.15, -0.1) is 0 Å². The molecule has 0 fully saturated rings. The molecule has 1 aromatic rings. The summed E-state index contributed by atoms with van der Waals surface area (Å²) < 4.78 is 0. The van der Waals surface area contributed by atoms with E-state index in [0.717, 1.165) is 24.2 Å². The first kappa shape index (κ1) is 16.7. The molecule has 0 saturated heterocycles. The van der Waals surface area contributed by atoms with E-state index >= 15 is 0 Å². The van der Waals surface area contributed by atoms with E-state index in [0.29, 0.717) is 12.6 Å². The molecule has 0 bridgehead atoms. The van der Waals surface area contributed by atoms with Crippen LogP contribution >= 0.6 is 0 Å². The normalized spacial score (nSPS) is 12.8. The fourth-order valence-electron chi connectivity index (χ4n) is 2.28. The highest BCUT2D eigenvalue weighted by atomic mass is 16.2. The second-order valence-corrected chi connectivity index (χ2v) is 5.40. The van der Waals surface area contributed by atoms with E-state index in [2.05, 4.69) is 31.0 Å². The summed E-state index contributed by atoms with van der Waals surface area (Å²) in [5.74, 6) is 0.0349. The van der Waals surface area contributed by atoms with E-state index in [4.69, 9.17) is 5.73 Å². The zero-order valence-corrected chi connectivity index (χ0v) is 13.0. The molecule has 0 aliphatic carbocycles. The monoisotopic (exact) mass is 277 g/mol. The minimum Gasteiger partial charge on any atom is -0.326 e. The number of rotatable bonds is 7. The van der Waals surface area contributed by atoms with E-state index in [-0.39, 0.29) is 11.9 Å². The summed E-state index contributed by atoms with van der Waals surface area (Å²) in [5, 5.41) is 2.97. The lowest BCUT2D eigenvalue weighted by atomic mass is 10.1. The van der Waals surface area contributed by atoms with E-state index in [1.165, 1.54) is 0 Å². The lowest BCUT2D eigenvalue weighted by Crippen LogP contribution is -2.46. The summed E-state index contributed by atoms with van der Waals surface area (Å²) in [4.78, 5) is 14.5. The summed E-state index contributed by atoms with van der Waals surface area (Å²) in [6.45, 7) is 9.77. The van der Waals surface area contributed by atoms with Gasteiger partial charge >= 0.3 is 0 Å². The molecule has 0 radical (unpaired) electrons. The van der Waals surface area contributed by atoms with Crippen molar-refractivity contribution >= 4 is 11.6 Å². The Kier molecular flexibility index (Phi) is 6.68. The second-order valence-electron chi connectivity index (χ2n) is 5.40. The maximum absolute atomic E-state index is 12.3. The van der Waals surface area contributed by atoms with Crippen LogP contribution in [0.1, 0.15) is 39.7 Å². The molecule has 1 amide bonds. The van der Waals surface area contributed by atoms with Gasteiger partial charge in [-0.3, -0.25) is 9.69 Å². The largest absolute Gasteiger partial charge is 0.326 e. The summed E-state index contributed by atoms with van der Waals surface area (Å²) in [6, 6.07) is 7.89. The molecule has 0 aliphatic heterocycles. The number of nitrogens with zero attached hydrogens (tertiary/aromatic N) is 1. The number of carbonyl (C=O) groups excluding carboxylic acids is 1. The van der Waals surface area contributed by atoms with Gasteiger partial charge in [0, 0.05) is 18.3 Å². The first-order chi connectivity index (χ1) is 9.49. The van der Waals surface area contributed by atoms with Crippen LogP contribution in [-0.4, -0.2) is 29.4 Å². The summed E-state index contributed by atoms with van der Waals surface area (Å²) in [5.41, 5.74) is 7.44. The Hall–Kier alpha value is -1.39. The summed E-state index contributed by atoms with van der Waals surface area (Å²) in [7, 11) is 0. The minimum atomic E-state index is -0.135. The maximum atomic E-state index is 12.3. The van der Waals surface area contributed by atoms with Crippen LogP contribution in [0, 0.1) is 0 Å². The van der Waals surface area contributed by atoms with Crippen LogP contribution in [0.4, 0.5) is 5.69 Å². The van der Waals surface area contributed by atoms with Crippen LogP contribution in [0.25, 0.3) is 0 Å². The van der Waals surface area contributed by atoms with Crippen molar-refractivity contribution in [2.24, 2.45) is 5.73 Å². The second kappa shape index (κ2) is 8.02. The molecular formula is C16H27N3O. The summed E-state index contributed by atoms with van der Waals surface area (Å²) >= 11 is 0. The Morgan fingerprint density at radius 3 is 2.30 bits per heavy atom. The third-order valence-corrected chi connectivity index (χ3v) is 3.48. The van der Waals surface area contributed by atoms with Crippen molar-refractivity contribution < 1.29 is 4.79 Å². The van der Waals surface area contributed by atoms with Crippen LogP contribution < -0.4 is 11.1 Å². The third kappa shape index (κ3) is 4.62.